The van der Waals surface area contributed by atoms with E-state index in [1.807, 2.05) is 25.1 Å². The van der Waals surface area contributed by atoms with E-state index < -0.39 is 0 Å². The van der Waals surface area contributed by atoms with Crippen LogP contribution in [-0.2, 0) is 9.53 Å². The highest BCUT2D eigenvalue weighted by Gasteiger charge is 2.21. The SMILES string of the molecule is CCOC(=O)C1=C(N[C@@H](C)c2ccccc2)CNCC1. The second kappa shape index (κ2) is 7.10. The number of nitrogens with one attached hydrogen (secondary N) is 2. The summed E-state index contributed by atoms with van der Waals surface area (Å²) >= 11 is 0. The van der Waals surface area contributed by atoms with Crippen molar-refractivity contribution >= 4 is 5.97 Å². The van der Waals surface area contributed by atoms with E-state index in [-0.39, 0.29) is 12.0 Å². The summed E-state index contributed by atoms with van der Waals surface area (Å²) in [7, 11) is 0. The molecule has 0 unspecified atom stereocenters. The molecule has 0 amide bonds. The van der Waals surface area contributed by atoms with Crippen molar-refractivity contribution in [3.8, 4) is 0 Å². The van der Waals surface area contributed by atoms with Crippen LogP contribution in [0.1, 0.15) is 31.9 Å². The molecule has 1 aliphatic heterocycles. The molecule has 1 aromatic rings. The molecule has 4 nitrogen and oxygen atoms in total. The van der Waals surface area contributed by atoms with Gasteiger partial charge in [-0.15, -0.1) is 0 Å². The van der Waals surface area contributed by atoms with Crippen molar-refractivity contribution < 1.29 is 9.53 Å². The number of carbonyl (C=O) groups is 1. The minimum atomic E-state index is -0.197. The van der Waals surface area contributed by atoms with Crippen LogP contribution in [0.2, 0.25) is 0 Å². The Morgan fingerprint density at radius 3 is 2.85 bits per heavy atom. The van der Waals surface area contributed by atoms with Crippen LogP contribution in [0.5, 0.6) is 0 Å². The lowest BCUT2D eigenvalue weighted by atomic mass is 10.0. The van der Waals surface area contributed by atoms with E-state index in [1.165, 1.54) is 5.56 Å². The minimum Gasteiger partial charge on any atom is -0.463 e. The van der Waals surface area contributed by atoms with Gasteiger partial charge in [-0.25, -0.2) is 4.79 Å². The van der Waals surface area contributed by atoms with Gasteiger partial charge in [0.15, 0.2) is 0 Å². The van der Waals surface area contributed by atoms with Gasteiger partial charge in [0.25, 0.3) is 0 Å². The fourth-order valence-corrected chi connectivity index (χ4v) is 2.35. The molecular formula is C16H22N2O2. The Kier molecular flexibility index (Phi) is 5.18. The van der Waals surface area contributed by atoms with Crippen LogP contribution in [0.25, 0.3) is 0 Å². The Morgan fingerprint density at radius 1 is 1.40 bits per heavy atom. The highest BCUT2D eigenvalue weighted by Crippen LogP contribution is 2.18. The summed E-state index contributed by atoms with van der Waals surface area (Å²) in [6, 6.07) is 10.4. The summed E-state index contributed by atoms with van der Waals surface area (Å²) in [5, 5.41) is 6.73. The van der Waals surface area contributed by atoms with Gasteiger partial charge in [-0.3, -0.25) is 0 Å². The first-order chi connectivity index (χ1) is 9.72. The zero-order valence-electron chi connectivity index (χ0n) is 12.1. The molecule has 0 spiro atoms. The maximum Gasteiger partial charge on any atom is 0.335 e. The van der Waals surface area contributed by atoms with E-state index in [9.17, 15) is 4.79 Å². The lowest BCUT2D eigenvalue weighted by Crippen LogP contribution is -2.35. The van der Waals surface area contributed by atoms with Gasteiger partial charge in [0.1, 0.15) is 0 Å². The molecule has 1 aliphatic rings. The quantitative estimate of drug-likeness (QED) is 0.808. The lowest BCUT2D eigenvalue weighted by Gasteiger charge is -2.25. The summed E-state index contributed by atoms with van der Waals surface area (Å²) in [6.07, 6.45) is 0.711. The number of ether oxygens (including phenoxy) is 1. The second-order valence-electron chi connectivity index (χ2n) is 4.88. The fraction of sp³-hybridized carbons (Fsp3) is 0.438. The smallest absolute Gasteiger partial charge is 0.335 e. The van der Waals surface area contributed by atoms with Gasteiger partial charge in [-0.1, -0.05) is 30.3 Å². The van der Waals surface area contributed by atoms with Gasteiger partial charge in [-0.2, -0.15) is 0 Å². The molecule has 1 heterocycles. The topological polar surface area (TPSA) is 50.4 Å². The Hall–Kier alpha value is -1.81. The van der Waals surface area contributed by atoms with E-state index in [1.54, 1.807) is 0 Å². The van der Waals surface area contributed by atoms with Crippen molar-refractivity contribution in [1.29, 1.82) is 0 Å². The highest BCUT2D eigenvalue weighted by atomic mass is 16.5. The van der Waals surface area contributed by atoms with Crippen molar-refractivity contribution in [2.24, 2.45) is 0 Å². The third-order valence-electron chi connectivity index (χ3n) is 3.43. The van der Waals surface area contributed by atoms with Crippen LogP contribution in [0.4, 0.5) is 0 Å². The Balaban J connectivity index is 2.13. The second-order valence-corrected chi connectivity index (χ2v) is 4.88. The molecule has 4 heteroatoms. The van der Waals surface area contributed by atoms with E-state index in [0.29, 0.717) is 19.6 Å². The highest BCUT2D eigenvalue weighted by molar-refractivity contribution is 5.89. The zero-order chi connectivity index (χ0) is 14.4. The first-order valence-corrected chi connectivity index (χ1v) is 7.13. The molecule has 0 aliphatic carbocycles. The van der Waals surface area contributed by atoms with Crippen LogP contribution < -0.4 is 10.6 Å². The van der Waals surface area contributed by atoms with Crippen molar-refractivity contribution in [3.05, 3.63) is 47.2 Å². The van der Waals surface area contributed by atoms with E-state index in [4.69, 9.17) is 4.74 Å². The number of esters is 1. The molecule has 108 valence electrons. The van der Waals surface area contributed by atoms with Crippen LogP contribution >= 0.6 is 0 Å². The third-order valence-corrected chi connectivity index (χ3v) is 3.43. The average Bonchev–Trinajstić information content (AvgIpc) is 2.49. The van der Waals surface area contributed by atoms with Gasteiger partial charge in [0.05, 0.1) is 12.2 Å². The fourth-order valence-electron chi connectivity index (χ4n) is 2.35. The zero-order valence-corrected chi connectivity index (χ0v) is 12.1. The molecule has 0 fully saturated rings. The van der Waals surface area contributed by atoms with Crippen LogP contribution in [-0.4, -0.2) is 25.7 Å². The number of carbonyl (C=O) groups excluding carboxylic acids is 1. The van der Waals surface area contributed by atoms with Crippen molar-refractivity contribution in [1.82, 2.24) is 10.6 Å². The van der Waals surface area contributed by atoms with E-state index in [2.05, 4.69) is 29.7 Å². The van der Waals surface area contributed by atoms with Gasteiger partial charge >= 0.3 is 5.97 Å². The summed E-state index contributed by atoms with van der Waals surface area (Å²) in [4.78, 5) is 12.0. The van der Waals surface area contributed by atoms with Crippen molar-refractivity contribution in [2.45, 2.75) is 26.3 Å². The maximum absolute atomic E-state index is 12.0. The lowest BCUT2D eigenvalue weighted by molar-refractivity contribution is -0.138. The van der Waals surface area contributed by atoms with Crippen molar-refractivity contribution in [2.75, 3.05) is 19.7 Å². The Labute approximate surface area is 120 Å². The van der Waals surface area contributed by atoms with Crippen molar-refractivity contribution in [3.63, 3.8) is 0 Å². The average molecular weight is 274 g/mol. The number of benzene rings is 1. The van der Waals surface area contributed by atoms with E-state index >= 15 is 0 Å². The molecule has 0 saturated carbocycles. The normalized spacial score (nSPS) is 16.7. The predicted octanol–water partition coefficient (Wildman–Crippen LogP) is 2.15. The third kappa shape index (κ3) is 3.61. The van der Waals surface area contributed by atoms with Gasteiger partial charge in [0.2, 0.25) is 0 Å². The van der Waals surface area contributed by atoms with Crippen LogP contribution in [0.15, 0.2) is 41.6 Å². The summed E-state index contributed by atoms with van der Waals surface area (Å²) < 4.78 is 5.13. The molecular weight excluding hydrogens is 252 g/mol. The van der Waals surface area contributed by atoms with Gasteiger partial charge < -0.3 is 15.4 Å². The monoisotopic (exact) mass is 274 g/mol. The Bertz CT molecular complexity index is 483. The van der Waals surface area contributed by atoms with Gasteiger partial charge in [-0.05, 0) is 32.4 Å². The number of rotatable bonds is 5. The van der Waals surface area contributed by atoms with Gasteiger partial charge in [0, 0.05) is 18.3 Å². The predicted molar refractivity (Wildman–Crippen MR) is 79.1 cm³/mol. The standard InChI is InChI=1S/C16H22N2O2/c1-3-20-16(19)14-9-10-17-11-15(14)18-12(2)13-7-5-4-6-8-13/h4-8,12,17-18H,3,9-11H2,1-2H3/t12-/m0/s1. The molecule has 2 N–H and O–H groups in total. The molecule has 0 bridgehead atoms. The molecule has 20 heavy (non-hydrogen) atoms. The summed E-state index contributed by atoms with van der Waals surface area (Å²) in [6.45, 7) is 5.85. The molecule has 2 rings (SSSR count). The molecule has 1 atom stereocenters. The van der Waals surface area contributed by atoms with E-state index in [0.717, 1.165) is 17.8 Å². The van der Waals surface area contributed by atoms with Crippen LogP contribution in [0.3, 0.4) is 0 Å². The molecule has 0 radical (unpaired) electrons. The first kappa shape index (κ1) is 14.6. The van der Waals surface area contributed by atoms with Crippen LogP contribution in [0, 0.1) is 0 Å². The molecule has 1 aromatic carbocycles. The number of hydrogen-bond donors (Lipinski definition) is 2. The Morgan fingerprint density at radius 2 is 2.15 bits per heavy atom. The summed E-state index contributed by atoms with van der Waals surface area (Å²) in [5.41, 5.74) is 2.92. The minimum absolute atomic E-state index is 0.163. The largest absolute Gasteiger partial charge is 0.463 e. The molecule has 0 saturated heterocycles. The maximum atomic E-state index is 12.0. The first-order valence-electron chi connectivity index (χ1n) is 7.13. The molecule has 0 aromatic heterocycles. The summed E-state index contributed by atoms with van der Waals surface area (Å²) in [5.74, 6) is -0.197. The number of hydrogen-bond acceptors (Lipinski definition) is 4.